The Morgan fingerprint density at radius 1 is 1.20 bits per heavy atom. The van der Waals surface area contributed by atoms with Crippen LogP contribution in [0.2, 0.25) is 0 Å². The number of halogens is 4. The molecule has 0 aromatic heterocycles. The zero-order chi connectivity index (χ0) is 11.9. The van der Waals surface area contributed by atoms with Crippen molar-refractivity contribution in [2.45, 2.75) is 10.4 Å². The van der Waals surface area contributed by atoms with Crippen LogP contribution in [-0.4, -0.2) is 13.9 Å². The van der Waals surface area contributed by atoms with Crippen LogP contribution in [0.15, 0.2) is 23.1 Å². The van der Waals surface area contributed by atoms with Gasteiger partial charge in [-0.05, 0) is 18.2 Å². The number of benzene rings is 1. The highest BCUT2D eigenvalue weighted by Crippen LogP contribution is 2.33. The van der Waals surface area contributed by atoms with Crippen molar-refractivity contribution < 1.29 is 26.0 Å². The number of sulfone groups is 1. The van der Waals surface area contributed by atoms with E-state index in [1.165, 1.54) is 0 Å². The molecule has 1 rings (SSSR count). The molecule has 0 heterocycles. The third-order valence-corrected chi connectivity index (χ3v) is 3.11. The first-order valence-electron chi connectivity index (χ1n) is 3.52. The predicted molar refractivity (Wildman–Crippen MR) is 44.1 cm³/mol. The largest absolute Gasteiger partial charge is 0.501 e. The van der Waals surface area contributed by atoms with Gasteiger partial charge >= 0.3 is 5.51 Å². The van der Waals surface area contributed by atoms with Crippen LogP contribution in [0, 0.1) is 5.82 Å². The van der Waals surface area contributed by atoms with E-state index in [1.54, 1.807) is 0 Å². The Morgan fingerprint density at radius 3 is 2.20 bits per heavy atom. The SMILES string of the molecule is Nc1ccc(F)cc1S(=O)(=O)C(F)(F)F. The minimum absolute atomic E-state index is 0.234. The van der Waals surface area contributed by atoms with Gasteiger partial charge in [0.25, 0.3) is 9.84 Å². The average molecular weight is 243 g/mol. The molecule has 0 aliphatic rings. The number of alkyl halides is 3. The summed E-state index contributed by atoms with van der Waals surface area (Å²) in [6.45, 7) is 0. The van der Waals surface area contributed by atoms with Crippen molar-refractivity contribution in [2.75, 3.05) is 5.73 Å². The molecule has 3 nitrogen and oxygen atoms in total. The maximum absolute atomic E-state index is 12.6. The minimum Gasteiger partial charge on any atom is -0.398 e. The first-order chi connectivity index (χ1) is 6.66. The fraction of sp³-hybridized carbons (Fsp3) is 0.143. The van der Waals surface area contributed by atoms with Crippen LogP contribution in [-0.2, 0) is 9.84 Å². The van der Waals surface area contributed by atoms with Crippen LogP contribution in [0.5, 0.6) is 0 Å². The Morgan fingerprint density at radius 2 is 1.73 bits per heavy atom. The van der Waals surface area contributed by atoms with E-state index in [2.05, 4.69) is 0 Å². The van der Waals surface area contributed by atoms with Crippen molar-refractivity contribution in [1.82, 2.24) is 0 Å². The maximum atomic E-state index is 12.6. The molecule has 0 saturated heterocycles. The lowest BCUT2D eigenvalue weighted by Gasteiger charge is -2.09. The first kappa shape index (κ1) is 11.8. The average Bonchev–Trinajstić information content (AvgIpc) is 2.07. The predicted octanol–water partition coefficient (Wildman–Crippen LogP) is 1.70. The van der Waals surface area contributed by atoms with Crippen LogP contribution < -0.4 is 5.73 Å². The summed E-state index contributed by atoms with van der Waals surface area (Å²) in [5.74, 6) is -1.10. The van der Waals surface area contributed by atoms with Crippen LogP contribution in [0.1, 0.15) is 0 Å². The lowest BCUT2D eigenvalue weighted by atomic mass is 10.3. The van der Waals surface area contributed by atoms with Crippen LogP contribution in [0.25, 0.3) is 0 Å². The second-order valence-corrected chi connectivity index (χ2v) is 4.54. The molecule has 15 heavy (non-hydrogen) atoms. The molecule has 1 aromatic rings. The summed E-state index contributed by atoms with van der Waals surface area (Å²) in [6, 6.07) is 1.76. The summed E-state index contributed by atoms with van der Waals surface area (Å²) in [6.07, 6.45) is 0. The molecule has 0 unspecified atom stereocenters. The number of nitrogen functional groups attached to an aromatic ring is 1. The summed E-state index contributed by atoms with van der Waals surface area (Å²) >= 11 is 0. The highest BCUT2D eigenvalue weighted by Gasteiger charge is 2.47. The molecule has 8 heteroatoms. The second kappa shape index (κ2) is 3.37. The summed E-state index contributed by atoms with van der Waals surface area (Å²) in [7, 11) is -5.59. The van der Waals surface area contributed by atoms with Gasteiger partial charge in [0.1, 0.15) is 10.7 Å². The highest BCUT2D eigenvalue weighted by molar-refractivity contribution is 7.92. The standard InChI is InChI=1S/C7H5F4NO2S/c8-4-1-2-5(12)6(3-4)15(13,14)7(9,10)11/h1-3H,12H2. The quantitative estimate of drug-likeness (QED) is 0.603. The number of anilines is 1. The van der Waals surface area contributed by atoms with E-state index in [0.29, 0.717) is 0 Å². The summed E-state index contributed by atoms with van der Waals surface area (Å²) in [5.41, 5.74) is -1.11. The van der Waals surface area contributed by atoms with Crippen LogP contribution in [0.4, 0.5) is 23.2 Å². The molecular formula is C7H5F4NO2S. The van der Waals surface area contributed by atoms with Gasteiger partial charge in [-0.25, -0.2) is 12.8 Å². The Labute approximate surface area is 82.4 Å². The number of hydrogen-bond donors (Lipinski definition) is 1. The van der Waals surface area contributed by atoms with Crippen molar-refractivity contribution >= 4 is 15.5 Å². The third-order valence-electron chi connectivity index (χ3n) is 1.57. The third kappa shape index (κ3) is 2.04. The molecule has 0 amide bonds. The van der Waals surface area contributed by atoms with E-state index in [0.717, 1.165) is 12.1 Å². The van der Waals surface area contributed by atoms with Gasteiger partial charge < -0.3 is 5.73 Å². The molecule has 0 aliphatic carbocycles. The molecule has 0 spiro atoms. The zero-order valence-electron chi connectivity index (χ0n) is 7.05. The van der Waals surface area contributed by atoms with Gasteiger partial charge in [0.2, 0.25) is 0 Å². The molecule has 84 valence electrons. The van der Waals surface area contributed by atoms with Crippen molar-refractivity contribution in [3.05, 3.63) is 24.0 Å². The minimum atomic E-state index is -5.59. The van der Waals surface area contributed by atoms with Gasteiger partial charge in [-0.2, -0.15) is 13.2 Å². The summed E-state index contributed by atoms with van der Waals surface area (Å²) in [4.78, 5) is -1.27. The summed E-state index contributed by atoms with van der Waals surface area (Å²) in [5, 5.41) is 0. The Kier molecular flexibility index (Phi) is 2.64. The normalized spacial score (nSPS) is 12.8. The van der Waals surface area contributed by atoms with Gasteiger partial charge in [-0.15, -0.1) is 0 Å². The van der Waals surface area contributed by atoms with E-state index in [1.807, 2.05) is 0 Å². The van der Waals surface area contributed by atoms with E-state index < -0.39 is 31.7 Å². The topological polar surface area (TPSA) is 60.2 Å². The van der Waals surface area contributed by atoms with Gasteiger partial charge in [-0.1, -0.05) is 0 Å². The number of hydrogen-bond acceptors (Lipinski definition) is 3. The van der Waals surface area contributed by atoms with E-state index in [-0.39, 0.29) is 6.07 Å². The van der Waals surface area contributed by atoms with Gasteiger partial charge in [0.05, 0.1) is 5.69 Å². The highest BCUT2D eigenvalue weighted by atomic mass is 32.2. The molecule has 1 aromatic carbocycles. The molecule has 2 N–H and O–H groups in total. The molecule has 0 bridgehead atoms. The van der Waals surface area contributed by atoms with Crippen molar-refractivity contribution in [3.8, 4) is 0 Å². The molecule has 0 atom stereocenters. The summed E-state index contributed by atoms with van der Waals surface area (Å²) < 4.78 is 70.5. The molecule has 0 saturated carbocycles. The smallest absolute Gasteiger partial charge is 0.398 e. The fourth-order valence-electron chi connectivity index (χ4n) is 0.866. The Balaban J connectivity index is 3.47. The Hall–Kier alpha value is -1.31. The van der Waals surface area contributed by atoms with Crippen molar-refractivity contribution in [2.24, 2.45) is 0 Å². The van der Waals surface area contributed by atoms with E-state index in [9.17, 15) is 26.0 Å². The van der Waals surface area contributed by atoms with Crippen LogP contribution >= 0.6 is 0 Å². The van der Waals surface area contributed by atoms with Gasteiger partial charge in [0, 0.05) is 0 Å². The first-order valence-corrected chi connectivity index (χ1v) is 5.01. The molecule has 0 fully saturated rings. The van der Waals surface area contributed by atoms with Crippen LogP contribution in [0.3, 0.4) is 0 Å². The number of nitrogens with two attached hydrogens (primary N) is 1. The van der Waals surface area contributed by atoms with Gasteiger partial charge in [0.15, 0.2) is 0 Å². The van der Waals surface area contributed by atoms with E-state index in [4.69, 9.17) is 5.73 Å². The maximum Gasteiger partial charge on any atom is 0.501 e. The van der Waals surface area contributed by atoms with E-state index >= 15 is 0 Å². The van der Waals surface area contributed by atoms with Gasteiger partial charge in [-0.3, -0.25) is 0 Å². The molecular weight excluding hydrogens is 238 g/mol. The second-order valence-electron chi connectivity index (χ2n) is 2.63. The molecule has 0 aliphatic heterocycles. The monoisotopic (exact) mass is 243 g/mol. The van der Waals surface area contributed by atoms with Crippen molar-refractivity contribution in [1.29, 1.82) is 0 Å². The molecule has 0 radical (unpaired) electrons. The Bertz CT molecular complexity index is 480. The number of rotatable bonds is 1. The zero-order valence-corrected chi connectivity index (χ0v) is 7.86. The van der Waals surface area contributed by atoms with Crippen molar-refractivity contribution in [3.63, 3.8) is 0 Å². The lowest BCUT2D eigenvalue weighted by Crippen LogP contribution is -2.24. The lowest BCUT2D eigenvalue weighted by molar-refractivity contribution is -0.0435. The fourth-order valence-corrected chi connectivity index (χ4v) is 1.76.